The summed E-state index contributed by atoms with van der Waals surface area (Å²) in [6.45, 7) is -0.922. The number of hydrogen-bond donors (Lipinski definition) is 1. The van der Waals surface area contributed by atoms with Crippen LogP contribution < -0.4 is 5.56 Å². The predicted molar refractivity (Wildman–Crippen MR) is 94.5 cm³/mol. The van der Waals surface area contributed by atoms with Gasteiger partial charge in [0, 0.05) is 30.1 Å². The van der Waals surface area contributed by atoms with Crippen molar-refractivity contribution >= 4 is 27.2 Å². The fourth-order valence-electron chi connectivity index (χ4n) is 2.62. The van der Waals surface area contributed by atoms with Crippen LogP contribution in [-0.4, -0.2) is 43.0 Å². The molecule has 0 radical (unpaired) electrons. The maximum atomic E-state index is 12.8. The van der Waals surface area contributed by atoms with Gasteiger partial charge in [0.15, 0.2) is 9.84 Å². The summed E-state index contributed by atoms with van der Waals surface area (Å²) in [5.41, 5.74) is -1.08. The number of ether oxygens (including phenoxy) is 1. The minimum Gasteiger partial charge on any atom is -0.367 e. The van der Waals surface area contributed by atoms with E-state index in [9.17, 15) is 31.2 Å². The molecular weight excluding hydrogens is 425 g/mol. The number of halogens is 4. The van der Waals surface area contributed by atoms with Crippen LogP contribution in [0, 0.1) is 6.92 Å². The summed E-state index contributed by atoms with van der Waals surface area (Å²) in [5.74, 6) is -0.790. The van der Waals surface area contributed by atoms with Crippen LogP contribution in [0.1, 0.15) is 27.2 Å². The molecule has 1 aromatic carbocycles. The zero-order chi connectivity index (χ0) is 21.4. The average molecular weight is 441 g/mol. The monoisotopic (exact) mass is 440 g/mol. The predicted octanol–water partition coefficient (Wildman–Crippen LogP) is 2.39. The van der Waals surface area contributed by atoms with Crippen molar-refractivity contribution in [2.24, 2.45) is 7.05 Å². The average Bonchev–Trinajstić information content (AvgIpc) is 2.78. The number of hydrogen-bond acceptors (Lipinski definition) is 5. The van der Waals surface area contributed by atoms with E-state index in [2.05, 4.69) is 9.84 Å². The van der Waals surface area contributed by atoms with Crippen LogP contribution in [0.15, 0.2) is 21.8 Å². The molecular formula is C16H16ClF3N2O5S. The van der Waals surface area contributed by atoms with E-state index in [4.69, 9.17) is 11.6 Å². The highest BCUT2D eigenvalue weighted by Gasteiger charge is 2.29. The molecule has 1 N–H and O–H groups in total. The Morgan fingerprint density at radius 2 is 1.93 bits per heavy atom. The summed E-state index contributed by atoms with van der Waals surface area (Å²) in [6, 6.07) is 2.16. The summed E-state index contributed by atoms with van der Waals surface area (Å²) < 4.78 is 66.5. The number of alkyl halides is 3. The van der Waals surface area contributed by atoms with Crippen LogP contribution >= 0.6 is 11.6 Å². The minimum absolute atomic E-state index is 0.210. The lowest BCUT2D eigenvalue weighted by Gasteiger charge is -2.14. The molecule has 0 atom stereocenters. The first kappa shape index (κ1) is 22.2. The molecule has 1 heterocycles. The lowest BCUT2D eigenvalue weighted by molar-refractivity contribution is -0.176. The summed E-state index contributed by atoms with van der Waals surface area (Å²) in [7, 11) is -2.47. The highest BCUT2D eigenvalue weighted by atomic mass is 35.5. The maximum absolute atomic E-state index is 12.8. The van der Waals surface area contributed by atoms with Gasteiger partial charge in [-0.05, 0) is 19.1 Å². The summed E-state index contributed by atoms with van der Waals surface area (Å²) >= 11 is 6.16. The number of benzene rings is 1. The van der Waals surface area contributed by atoms with Gasteiger partial charge in [-0.3, -0.25) is 19.4 Å². The second-order valence-electron chi connectivity index (χ2n) is 6.09. The van der Waals surface area contributed by atoms with Gasteiger partial charge < -0.3 is 4.74 Å². The number of aryl methyl sites for hydroxylation is 2. The number of nitrogens with one attached hydrogen (secondary N) is 1. The molecule has 0 spiro atoms. The number of carbonyl (C=O) groups is 1. The van der Waals surface area contributed by atoms with Crippen LogP contribution in [0.3, 0.4) is 0 Å². The minimum atomic E-state index is -4.63. The molecule has 0 saturated heterocycles. The summed E-state index contributed by atoms with van der Waals surface area (Å²) in [5, 5.41) is 2.25. The van der Waals surface area contributed by atoms with Crippen LogP contribution in [0.2, 0.25) is 5.02 Å². The third-order valence-electron chi connectivity index (χ3n) is 3.81. The highest BCUT2D eigenvalue weighted by Crippen LogP contribution is 2.30. The maximum Gasteiger partial charge on any atom is 0.411 e. The zero-order valence-electron chi connectivity index (χ0n) is 15.0. The number of rotatable bonds is 6. The van der Waals surface area contributed by atoms with Crippen molar-refractivity contribution in [1.29, 1.82) is 0 Å². The van der Waals surface area contributed by atoms with Gasteiger partial charge in [-0.15, -0.1) is 0 Å². The van der Waals surface area contributed by atoms with E-state index in [-0.39, 0.29) is 27.3 Å². The number of ketones is 1. The Morgan fingerprint density at radius 3 is 2.39 bits per heavy atom. The summed E-state index contributed by atoms with van der Waals surface area (Å²) in [4.78, 5) is 24.5. The SMILES string of the molecule is Cc1[nH]n(C)c(=O)c1C(=O)c1ccc(S(C)(=O)=O)c(COCC(F)(F)F)c1Cl. The normalized spacial score (nSPS) is 12.4. The Balaban J connectivity index is 2.57. The Hall–Kier alpha value is -2.11. The van der Waals surface area contributed by atoms with Gasteiger partial charge in [0.25, 0.3) is 5.56 Å². The number of H-pyrrole nitrogens is 1. The quantitative estimate of drug-likeness (QED) is 0.695. The fourth-order valence-corrected chi connectivity index (χ4v) is 3.90. The van der Waals surface area contributed by atoms with Crippen molar-refractivity contribution in [2.45, 2.75) is 24.6 Å². The Morgan fingerprint density at radius 1 is 1.32 bits per heavy atom. The molecule has 154 valence electrons. The lowest BCUT2D eigenvalue weighted by Crippen LogP contribution is -2.21. The molecule has 28 heavy (non-hydrogen) atoms. The van der Waals surface area contributed by atoms with Gasteiger partial charge in [-0.1, -0.05) is 11.6 Å². The molecule has 0 aliphatic heterocycles. The lowest BCUT2D eigenvalue weighted by atomic mass is 10.0. The molecule has 0 fully saturated rings. The van der Waals surface area contributed by atoms with E-state index in [1.54, 1.807) is 0 Å². The molecule has 1 aromatic heterocycles. The number of sulfone groups is 1. The first-order valence-electron chi connectivity index (χ1n) is 7.70. The molecule has 0 saturated carbocycles. The van der Waals surface area contributed by atoms with Gasteiger partial charge in [-0.25, -0.2) is 8.42 Å². The molecule has 0 aliphatic rings. The van der Waals surface area contributed by atoms with Crippen LogP contribution in [0.5, 0.6) is 0 Å². The van der Waals surface area contributed by atoms with Crippen molar-refractivity contribution < 1.29 is 31.1 Å². The summed E-state index contributed by atoms with van der Waals surface area (Å²) in [6.07, 6.45) is -3.78. The smallest absolute Gasteiger partial charge is 0.367 e. The van der Waals surface area contributed by atoms with Gasteiger partial charge in [0.2, 0.25) is 5.78 Å². The highest BCUT2D eigenvalue weighted by molar-refractivity contribution is 7.90. The Labute approximate surface area is 163 Å². The fraction of sp³-hybridized carbons (Fsp3) is 0.375. The molecule has 0 bridgehead atoms. The molecule has 2 rings (SSSR count). The molecule has 0 amide bonds. The van der Waals surface area contributed by atoms with Gasteiger partial charge in [0.05, 0.1) is 16.5 Å². The first-order valence-corrected chi connectivity index (χ1v) is 9.97. The van der Waals surface area contributed by atoms with Crippen LogP contribution in [-0.2, 0) is 28.2 Å². The third kappa shape index (κ3) is 4.65. The van der Waals surface area contributed by atoms with E-state index in [0.29, 0.717) is 0 Å². The molecule has 2 aromatic rings. The molecule has 12 heteroatoms. The number of carbonyl (C=O) groups excluding carboxylic acids is 1. The Kier molecular flexibility index (Phi) is 6.12. The second-order valence-corrected chi connectivity index (χ2v) is 8.45. The Bertz CT molecular complexity index is 1090. The van der Waals surface area contributed by atoms with E-state index < -0.39 is 45.6 Å². The second kappa shape index (κ2) is 7.72. The standard InChI is InChI=1S/C16H16ClF3N2O5S/c1-8-12(15(24)22(2)21-8)14(23)9-4-5-11(28(3,25)26)10(13(9)17)6-27-7-16(18,19)20/h4-5,21H,6-7H2,1-3H3. The van der Waals surface area contributed by atoms with E-state index in [0.717, 1.165) is 23.1 Å². The van der Waals surface area contributed by atoms with E-state index in [1.807, 2.05) is 0 Å². The van der Waals surface area contributed by atoms with Gasteiger partial charge in [0.1, 0.15) is 12.2 Å². The first-order chi connectivity index (χ1) is 12.7. The molecule has 7 nitrogen and oxygen atoms in total. The van der Waals surface area contributed by atoms with Crippen molar-refractivity contribution in [3.05, 3.63) is 49.9 Å². The van der Waals surface area contributed by atoms with Crippen LogP contribution in [0.25, 0.3) is 0 Å². The van der Waals surface area contributed by atoms with Crippen molar-refractivity contribution in [3.8, 4) is 0 Å². The zero-order valence-corrected chi connectivity index (χ0v) is 16.5. The number of aromatic nitrogens is 2. The van der Waals surface area contributed by atoms with Crippen molar-refractivity contribution in [1.82, 2.24) is 9.78 Å². The third-order valence-corrected chi connectivity index (χ3v) is 5.43. The van der Waals surface area contributed by atoms with Crippen molar-refractivity contribution in [3.63, 3.8) is 0 Å². The van der Waals surface area contributed by atoms with Crippen LogP contribution in [0.4, 0.5) is 13.2 Å². The van der Waals surface area contributed by atoms with E-state index >= 15 is 0 Å². The largest absolute Gasteiger partial charge is 0.411 e. The van der Waals surface area contributed by atoms with E-state index in [1.165, 1.54) is 14.0 Å². The van der Waals surface area contributed by atoms with Crippen molar-refractivity contribution in [2.75, 3.05) is 12.9 Å². The van der Waals surface area contributed by atoms with Gasteiger partial charge in [-0.2, -0.15) is 13.2 Å². The molecule has 0 unspecified atom stereocenters. The van der Waals surface area contributed by atoms with Gasteiger partial charge >= 0.3 is 6.18 Å². The number of nitrogens with zero attached hydrogens (tertiary/aromatic N) is 1. The topological polar surface area (TPSA) is 98.2 Å². The number of aromatic amines is 1. The molecule has 0 aliphatic carbocycles.